The summed E-state index contributed by atoms with van der Waals surface area (Å²) < 4.78 is 40.1. The SMILES string of the molecule is C=CCN1CCN(c2cc(OC)c(Nc3cc(N4OCCC4c4cc(F)cc(OCc5cccc(F)c5)c4)ncn3)cc2NC(=O)C=C)CC1. The second-order valence-electron chi connectivity index (χ2n) is 11.8. The number of halogens is 2. The lowest BCUT2D eigenvalue weighted by atomic mass is 10.0. The number of methoxy groups -OCH3 is 1. The molecule has 13 heteroatoms. The zero-order valence-electron chi connectivity index (χ0n) is 27.8. The molecule has 2 aliphatic heterocycles. The molecule has 0 bridgehead atoms. The van der Waals surface area contributed by atoms with E-state index in [0.29, 0.717) is 58.7 Å². The molecule has 6 rings (SSSR count). The molecule has 0 saturated carbocycles. The van der Waals surface area contributed by atoms with E-state index in [1.807, 2.05) is 12.1 Å². The van der Waals surface area contributed by atoms with Gasteiger partial charge in [-0.05, 0) is 47.5 Å². The summed E-state index contributed by atoms with van der Waals surface area (Å²) in [5.74, 6) is 0.571. The molecule has 2 N–H and O–H groups in total. The molecule has 3 heterocycles. The molecular weight excluding hydrogens is 644 g/mol. The Labute approximate surface area is 289 Å². The van der Waals surface area contributed by atoms with E-state index in [-0.39, 0.29) is 24.4 Å². The highest BCUT2D eigenvalue weighted by molar-refractivity contribution is 6.02. The van der Waals surface area contributed by atoms with Gasteiger partial charge in [0.15, 0.2) is 5.82 Å². The maximum absolute atomic E-state index is 14.8. The molecule has 3 aromatic carbocycles. The van der Waals surface area contributed by atoms with E-state index in [0.717, 1.165) is 38.4 Å². The Balaban J connectivity index is 1.22. The number of benzene rings is 3. The highest BCUT2D eigenvalue weighted by Gasteiger charge is 2.30. The van der Waals surface area contributed by atoms with Gasteiger partial charge in [0.25, 0.3) is 0 Å². The van der Waals surface area contributed by atoms with Crippen LogP contribution in [0.2, 0.25) is 0 Å². The lowest BCUT2D eigenvalue weighted by molar-refractivity contribution is -0.111. The first-order chi connectivity index (χ1) is 24.3. The van der Waals surface area contributed by atoms with Crippen LogP contribution in [-0.2, 0) is 16.2 Å². The molecule has 0 spiro atoms. The summed E-state index contributed by atoms with van der Waals surface area (Å²) in [6, 6.07) is 15.6. The van der Waals surface area contributed by atoms with E-state index in [9.17, 15) is 13.6 Å². The van der Waals surface area contributed by atoms with E-state index in [1.54, 1.807) is 42.5 Å². The van der Waals surface area contributed by atoms with Crippen LogP contribution in [0.4, 0.5) is 37.5 Å². The van der Waals surface area contributed by atoms with Crippen molar-refractivity contribution in [1.82, 2.24) is 14.9 Å². The van der Waals surface area contributed by atoms with Gasteiger partial charge < -0.3 is 25.0 Å². The number of hydrogen-bond donors (Lipinski definition) is 2. The smallest absolute Gasteiger partial charge is 0.247 e. The monoisotopic (exact) mass is 683 g/mol. The molecule has 260 valence electrons. The average Bonchev–Trinajstić information content (AvgIpc) is 3.62. The fourth-order valence-corrected chi connectivity index (χ4v) is 6.06. The van der Waals surface area contributed by atoms with E-state index in [4.69, 9.17) is 14.3 Å². The second-order valence-corrected chi connectivity index (χ2v) is 11.8. The highest BCUT2D eigenvalue weighted by Crippen LogP contribution is 2.40. The minimum atomic E-state index is -0.470. The number of nitrogens with one attached hydrogen (secondary N) is 2. The number of carbonyl (C=O) groups excluding carboxylic acids is 1. The lowest BCUT2D eigenvalue weighted by Crippen LogP contribution is -2.46. The summed E-state index contributed by atoms with van der Waals surface area (Å²) in [6.45, 7) is 12.0. The van der Waals surface area contributed by atoms with Crippen LogP contribution < -0.4 is 30.1 Å². The van der Waals surface area contributed by atoms with Crippen molar-refractivity contribution in [3.8, 4) is 11.5 Å². The molecule has 2 fully saturated rings. The minimum absolute atomic E-state index is 0.0856. The van der Waals surface area contributed by atoms with Gasteiger partial charge in [0.2, 0.25) is 5.91 Å². The van der Waals surface area contributed by atoms with Gasteiger partial charge >= 0.3 is 0 Å². The maximum atomic E-state index is 14.8. The third-order valence-electron chi connectivity index (χ3n) is 8.48. The number of rotatable bonds is 13. The number of amides is 1. The van der Waals surface area contributed by atoms with Crippen molar-refractivity contribution in [3.05, 3.63) is 115 Å². The van der Waals surface area contributed by atoms with Crippen molar-refractivity contribution >= 4 is 34.6 Å². The van der Waals surface area contributed by atoms with Crippen molar-refractivity contribution in [2.24, 2.45) is 0 Å². The Morgan fingerprint density at radius 1 is 1.02 bits per heavy atom. The predicted octanol–water partition coefficient (Wildman–Crippen LogP) is 6.40. The van der Waals surface area contributed by atoms with Crippen LogP contribution >= 0.6 is 0 Å². The van der Waals surface area contributed by atoms with Gasteiger partial charge in [-0.25, -0.2) is 23.8 Å². The third-order valence-corrected chi connectivity index (χ3v) is 8.48. The number of hydroxylamine groups is 1. The number of ether oxygens (including phenoxy) is 2. The quantitative estimate of drug-likeness (QED) is 0.122. The first-order valence-corrected chi connectivity index (χ1v) is 16.3. The van der Waals surface area contributed by atoms with Crippen molar-refractivity contribution in [1.29, 1.82) is 0 Å². The van der Waals surface area contributed by atoms with E-state index >= 15 is 0 Å². The summed E-state index contributed by atoms with van der Waals surface area (Å²) in [5.41, 5.74) is 3.25. The van der Waals surface area contributed by atoms with Gasteiger partial charge in [0, 0.05) is 57.3 Å². The van der Waals surface area contributed by atoms with Gasteiger partial charge in [-0.15, -0.1) is 6.58 Å². The summed E-state index contributed by atoms with van der Waals surface area (Å²) in [5, 5.41) is 7.87. The third kappa shape index (κ3) is 8.18. The Morgan fingerprint density at radius 3 is 2.62 bits per heavy atom. The van der Waals surface area contributed by atoms with Crippen LogP contribution in [0.5, 0.6) is 11.5 Å². The molecule has 0 aliphatic carbocycles. The summed E-state index contributed by atoms with van der Waals surface area (Å²) in [4.78, 5) is 31.8. The van der Waals surface area contributed by atoms with Gasteiger partial charge in [-0.2, -0.15) is 0 Å². The van der Waals surface area contributed by atoms with E-state index < -0.39 is 5.82 Å². The van der Waals surface area contributed by atoms with Crippen LogP contribution in [0.15, 0.2) is 92.3 Å². The molecule has 2 saturated heterocycles. The number of anilines is 5. The second kappa shape index (κ2) is 15.8. The molecular formula is C37H39F2N7O4. The molecule has 2 aliphatic rings. The van der Waals surface area contributed by atoms with Crippen molar-refractivity contribution in [2.45, 2.75) is 19.1 Å². The fourth-order valence-electron chi connectivity index (χ4n) is 6.06. The largest absolute Gasteiger partial charge is 0.494 e. The molecule has 1 amide bonds. The Bertz CT molecular complexity index is 1850. The normalized spacial score (nSPS) is 16.2. The van der Waals surface area contributed by atoms with E-state index in [2.05, 4.69) is 43.6 Å². The van der Waals surface area contributed by atoms with Crippen LogP contribution in [0.25, 0.3) is 0 Å². The van der Waals surface area contributed by atoms with Gasteiger partial charge in [0.1, 0.15) is 41.9 Å². The topological polar surface area (TPSA) is 104 Å². The van der Waals surface area contributed by atoms with Gasteiger partial charge in [-0.1, -0.05) is 24.8 Å². The zero-order valence-corrected chi connectivity index (χ0v) is 27.8. The first kappa shape index (κ1) is 34.3. The first-order valence-electron chi connectivity index (χ1n) is 16.3. The number of nitrogens with zero attached hydrogens (tertiary/aromatic N) is 5. The van der Waals surface area contributed by atoms with Crippen LogP contribution in [0.1, 0.15) is 23.6 Å². The lowest BCUT2D eigenvalue weighted by Gasteiger charge is -2.36. The number of aromatic nitrogens is 2. The van der Waals surface area contributed by atoms with Crippen molar-refractivity contribution < 1.29 is 27.9 Å². The van der Waals surface area contributed by atoms with Gasteiger partial charge in [-0.3, -0.25) is 14.5 Å². The summed E-state index contributed by atoms with van der Waals surface area (Å²) in [7, 11) is 1.58. The predicted molar refractivity (Wildman–Crippen MR) is 189 cm³/mol. The molecule has 4 aromatic rings. The molecule has 1 atom stereocenters. The summed E-state index contributed by atoms with van der Waals surface area (Å²) in [6.07, 6.45) is 5.10. The molecule has 11 nitrogen and oxygen atoms in total. The Morgan fingerprint density at radius 2 is 1.86 bits per heavy atom. The molecule has 1 unspecified atom stereocenters. The maximum Gasteiger partial charge on any atom is 0.247 e. The van der Waals surface area contributed by atoms with E-state index in [1.165, 1.54) is 36.7 Å². The van der Waals surface area contributed by atoms with Crippen LogP contribution in [0, 0.1) is 11.6 Å². The number of hydrogen-bond acceptors (Lipinski definition) is 10. The molecule has 50 heavy (non-hydrogen) atoms. The molecule has 1 aromatic heterocycles. The van der Waals surface area contributed by atoms with Crippen molar-refractivity contribution in [2.75, 3.05) is 67.0 Å². The average molecular weight is 684 g/mol. The highest BCUT2D eigenvalue weighted by atomic mass is 19.1. The Kier molecular flexibility index (Phi) is 10.8. The van der Waals surface area contributed by atoms with Crippen LogP contribution in [0.3, 0.4) is 0 Å². The zero-order chi connectivity index (χ0) is 35.0. The van der Waals surface area contributed by atoms with Crippen LogP contribution in [-0.4, -0.2) is 67.2 Å². The minimum Gasteiger partial charge on any atom is -0.494 e. The standard InChI is InChI=1S/C37H39F2N7O4/c1-4-10-44-11-13-45(14-12-44)33-21-34(48-3)31(20-30(33)43-37(47)5-2)42-35-22-36(41-24-40-35)46-32(9-15-50-46)26-17-28(39)19-29(18-26)49-23-25-7-6-8-27(38)16-25/h4-8,16-22,24,32H,1-2,9-15,23H2,3H3,(H,43,47)(H,40,41,42). The fraction of sp³-hybridized carbons (Fsp3) is 0.270. The Hall–Kier alpha value is -5.53. The van der Waals surface area contributed by atoms with Gasteiger partial charge in [0.05, 0.1) is 36.8 Å². The number of carbonyl (C=O) groups is 1. The summed E-state index contributed by atoms with van der Waals surface area (Å²) >= 11 is 0. The number of piperazine rings is 1. The molecule has 0 radical (unpaired) electrons. The van der Waals surface area contributed by atoms with Crippen molar-refractivity contribution in [3.63, 3.8) is 0 Å².